The Hall–Kier alpha value is -4.91. The summed E-state index contributed by atoms with van der Waals surface area (Å²) in [6.45, 7) is 6.97. The Morgan fingerprint density at radius 3 is 2.59 bits per heavy atom. The lowest BCUT2D eigenvalue weighted by Crippen LogP contribution is -2.53. The van der Waals surface area contributed by atoms with Crippen molar-refractivity contribution in [2.45, 2.75) is 110 Å². The van der Waals surface area contributed by atoms with Gasteiger partial charge in [0.05, 0.1) is 24.9 Å². The second-order valence-corrected chi connectivity index (χ2v) is 14.9. The lowest BCUT2D eigenvalue weighted by atomic mass is 9.83. The van der Waals surface area contributed by atoms with Crippen molar-refractivity contribution in [3.8, 4) is 0 Å². The predicted octanol–water partition coefficient (Wildman–Crippen LogP) is 5.61. The van der Waals surface area contributed by atoms with E-state index in [0.29, 0.717) is 38.8 Å². The average molecular weight is 745 g/mol. The van der Waals surface area contributed by atoms with E-state index >= 15 is 0 Å². The molecule has 13 nitrogen and oxygen atoms in total. The fraction of sp³-hybridized carbons (Fsp3) is 0.537. The van der Waals surface area contributed by atoms with Crippen LogP contribution in [0.15, 0.2) is 65.7 Å². The molecule has 13 heteroatoms. The van der Waals surface area contributed by atoms with Crippen LogP contribution in [0, 0.1) is 17.8 Å². The van der Waals surface area contributed by atoms with E-state index in [1.54, 1.807) is 19.4 Å². The number of nitrogens with one attached hydrogen (secondary N) is 4. The van der Waals surface area contributed by atoms with Gasteiger partial charge in [-0.1, -0.05) is 64.2 Å². The zero-order chi connectivity index (χ0) is 38.5. The Labute approximate surface area is 317 Å². The van der Waals surface area contributed by atoms with Crippen molar-refractivity contribution in [2.24, 2.45) is 17.8 Å². The number of fused-ring (bicyclic) bond motifs is 1. The van der Waals surface area contributed by atoms with Crippen LogP contribution in [0.1, 0.15) is 107 Å². The molecule has 3 amide bonds. The van der Waals surface area contributed by atoms with Gasteiger partial charge in [0.1, 0.15) is 17.9 Å². The Balaban J connectivity index is 1.31. The van der Waals surface area contributed by atoms with E-state index in [2.05, 4.69) is 25.9 Å². The number of aromatic amines is 1. The van der Waals surface area contributed by atoms with Crippen LogP contribution >= 0.6 is 0 Å². The van der Waals surface area contributed by atoms with Gasteiger partial charge in [-0.2, -0.15) is 0 Å². The quantitative estimate of drug-likeness (QED) is 0.0572. The highest BCUT2D eigenvalue weighted by molar-refractivity contribution is 5.92. The summed E-state index contributed by atoms with van der Waals surface area (Å²) in [6, 6.07) is 9.14. The summed E-state index contributed by atoms with van der Waals surface area (Å²) in [5, 5.41) is 21.6. The highest BCUT2D eigenvalue weighted by Crippen LogP contribution is 2.32. The van der Waals surface area contributed by atoms with E-state index in [1.165, 1.54) is 12.1 Å². The van der Waals surface area contributed by atoms with Crippen LogP contribution in [0.25, 0.3) is 10.9 Å². The number of ether oxygens (including phenoxy) is 1. The Bertz CT molecular complexity index is 1790. The Morgan fingerprint density at radius 2 is 1.85 bits per heavy atom. The second kappa shape index (κ2) is 20.0. The van der Waals surface area contributed by atoms with E-state index in [0.717, 1.165) is 48.6 Å². The number of aliphatic hydroxyl groups is 1. The number of hydrogen-bond acceptors (Lipinski definition) is 8. The third-order valence-electron chi connectivity index (χ3n) is 10.2. The molecule has 1 aliphatic carbocycles. The van der Waals surface area contributed by atoms with Crippen LogP contribution in [0.4, 0.5) is 0 Å². The molecule has 4 atom stereocenters. The number of imidazole rings is 1. The number of benzene rings is 1. The molecular weight excluding hydrogens is 688 g/mol. The first-order valence-corrected chi connectivity index (χ1v) is 19.4. The summed E-state index contributed by atoms with van der Waals surface area (Å²) in [4.78, 5) is 61.3. The largest absolute Gasteiger partial charge is 0.460 e. The van der Waals surface area contributed by atoms with Crippen LogP contribution in [-0.4, -0.2) is 68.6 Å². The number of H-pyrrole nitrogens is 1. The molecule has 0 unspecified atom stereocenters. The second-order valence-electron chi connectivity index (χ2n) is 14.9. The molecule has 0 bridgehead atoms. The van der Waals surface area contributed by atoms with Crippen LogP contribution in [-0.2, 0) is 32.1 Å². The minimum atomic E-state index is -1.23. The maximum atomic E-state index is 14.2. The van der Waals surface area contributed by atoms with E-state index in [-0.39, 0.29) is 42.3 Å². The third-order valence-corrected chi connectivity index (χ3v) is 10.2. The maximum Gasteiger partial charge on any atom is 0.374 e. The van der Waals surface area contributed by atoms with Gasteiger partial charge in [-0.15, -0.1) is 0 Å². The lowest BCUT2D eigenvalue weighted by Gasteiger charge is -2.31. The molecule has 0 aliphatic heterocycles. The SMILES string of the molecule is CCOC(=O)c1ccc([C@@H](O)[C@@H](CC2CCCCC2)NC(=O)[C@H](CC(C)C)NC(=O)[C@@H](CC(=O)NCCCn2ccnc2)Cc2c[nH]c3ccccc23)o1. The molecule has 0 saturated heterocycles. The third kappa shape index (κ3) is 11.5. The first-order chi connectivity index (χ1) is 26.1. The average Bonchev–Trinajstić information content (AvgIpc) is 3.95. The minimum absolute atomic E-state index is 0.0259. The van der Waals surface area contributed by atoms with Crippen LogP contribution in [0.3, 0.4) is 0 Å². The molecule has 0 spiro atoms. The van der Waals surface area contributed by atoms with Gasteiger partial charge >= 0.3 is 5.97 Å². The van der Waals surface area contributed by atoms with Gasteiger partial charge in [0.25, 0.3) is 0 Å². The minimum Gasteiger partial charge on any atom is -0.460 e. The number of aromatic nitrogens is 3. The number of carbonyl (C=O) groups excluding carboxylic acids is 4. The zero-order valence-electron chi connectivity index (χ0n) is 31.7. The van der Waals surface area contributed by atoms with Gasteiger partial charge in [-0.25, -0.2) is 9.78 Å². The first kappa shape index (κ1) is 40.3. The molecule has 1 aromatic carbocycles. The van der Waals surface area contributed by atoms with Gasteiger partial charge in [0, 0.05) is 49.0 Å². The lowest BCUT2D eigenvalue weighted by molar-refractivity contribution is -0.134. The molecule has 54 heavy (non-hydrogen) atoms. The zero-order valence-corrected chi connectivity index (χ0v) is 31.7. The number of rotatable bonds is 20. The van der Waals surface area contributed by atoms with Crippen molar-refractivity contribution < 1.29 is 33.4 Å². The Morgan fingerprint density at radius 1 is 1.06 bits per heavy atom. The van der Waals surface area contributed by atoms with Gasteiger partial charge in [-0.3, -0.25) is 14.4 Å². The van der Waals surface area contributed by atoms with E-state index in [1.807, 2.05) is 55.1 Å². The molecule has 3 aromatic heterocycles. The van der Waals surface area contributed by atoms with Crippen molar-refractivity contribution in [1.29, 1.82) is 0 Å². The molecule has 4 aromatic rings. The molecule has 1 fully saturated rings. The summed E-state index contributed by atoms with van der Waals surface area (Å²) >= 11 is 0. The van der Waals surface area contributed by atoms with E-state index in [9.17, 15) is 24.3 Å². The van der Waals surface area contributed by atoms with E-state index in [4.69, 9.17) is 9.15 Å². The monoisotopic (exact) mass is 744 g/mol. The molecule has 5 N–H and O–H groups in total. The number of amides is 3. The van der Waals surface area contributed by atoms with E-state index < -0.39 is 41.9 Å². The standard InChI is InChI=1S/C41H56N6O7/c1-4-53-41(52)36-16-15-35(54-36)38(49)33(22-28-11-6-5-7-12-28)45-40(51)34(21-27(2)3)46-39(50)29(23-30-25-44-32-14-9-8-13-31(30)32)24-37(48)43-17-10-19-47-20-18-42-26-47/h8-9,13-16,18,20,25-29,33-34,38,44,49H,4-7,10-12,17,19,21-24H2,1-3H3,(H,43,48)(H,45,51)(H,46,50)/t29-,33-,34+,38+/m1/s1. The van der Waals surface area contributed by atoms with Crippen molar-refractivity contribution >= 4 is 34.6 Å². The number of esters is 1. The number of nitrogens with zero attached hydrogens (tertiary/aromatic N) is 2. The summed E-state index contributed by atoms with van der Waals surface area (Å²) in [5.41, 5.74) is 1.83. The number of hydrogen-bond donors (Lipinski definition) is 5. The van der Waals surface area contributed by atoms with Crippen molar-refractivity contribution in [3.05, 3.63) is 78.4 Å². The van der Waals surface area contributed by atoms with Crippen LogP contribution < -0.4 is 16.0 Å². The van der Waals surface area contributed by atoms with Crippen molar-refractivity contribution in [1.82, 2.24) is 30.5 Å². The Kier molecular flexibility index (Phi) is 14.9. The summed E-state index contributed by atoms with van der Waals surface area (Å²) in [6.07, 6.45) is 13.0. The fourth-order valence-corrected chi connectivity index (χ4v) is 7.37. The molecule has 1 saturated carbocycles. The number of furan rings is 1. The summed E-state index contributed by atoms with van der Waals surface area (Å²) < 4.78 is 12.7. The predicted molar refractivity (Wildman–Crippen MR) is 204 cm³/mol. The highest BCUT2D eigenvalue weighted by atomic mass is 16.5. The molecule has 0 radical (unpaired) electrons. The summed E-state index contributed by atoms with van der Waals surface area (Å²) in [5.74, 6) is -2.00. The smallest absolute Gasteiger partial charge is 0.374 e. The molecule has 5 rings (SSSR count). The van der Waals surface area contributed by atoms with Crippen LogP contribution in [0.2, 0.25) is 0 Å². The van der Waals surface area contributed by atoms with Crippen molar-refractivity contribution in [3.63, 3.8) is 0 Å². The molecular formula is C41H56N6O7. The summed E-state index contributed by atoms with van der Waals surface area (Å²) in [7, 11) is 0. The maximum absolute atomic E-state index is 14.2. The topological polar surface area (TPSA) is 181 Å². The highest BCUT2D eigenvalue weighted by Gasteiger charge is 2.34. The number of carbonyl (C=O) groups is 4. The molecule has 292 valence electrons. The van der Waals surface area contributed by atoms with Gasteiger partial charge in [0.2, 0.25) is 23.5 Å². The molecule has 3 heterocycles. The fourth-order valence-electron chi connectivity index (χ4n) is 7.37. The van der Waals surface area contributed by atoms with Crippen molar-refractivity contribution in [2.75, 3.05) is 13.2 Å². The van der Waals surface area contributed by atoms with Crippen LogP contribution in [0.5, 0.6) is 0 Å². The van der Waals surface area contributed by atoms with Gasteiger partial charge in [-0.05, 0) is 68.2 Å². The number of aryl methyl sites for hydroxylation is 1. The molecule has 1 aliphatic rings. The van der Waals surface area contributed by atoms with Gasteiger partial charge in [0.15, 0.2) is 0 Å². The first-order valence-electron chi connectivity index (χ1n) is 19.4. The normalized spacial score (nSPS) is 15.7. The number of aliphatic hydroxyl groups excluding tert-OH is 1. The van der Waals surface area contributed by atoms with Gasteiger partial charge < -0.3 is 39.8 Å². The number of para-hydroxylation sites is 1.